The molecule has 1 fully saturated rings. The molecule has 23 heavy (non-hydrogen) atoms. The number of halogens is 1. The quantitative estimate of drug-likeness (QED) is 0.821. The Balaban J connectivity index is 1.63. The van der Waals surface area contributed by atoms with E-state index in [0.717, 1.165) is 22.2 Å². The van der Waals surface area contributed by atoms with Crippen LogP contribution < -0.4 is 0 Å². The van der Waals surface area contributed by atoms with E-state index in [9.17, 15) is 9.18 Å². The molecule has 0 aromatic carbocycles. The number of aryl methyl sites for hydroxylation is 1. The number of alkyl halides is 1. The molecule has 1 amide bonds. The summed E-state index contributed by atoms with van der Waals surface area (Å²) in [5.74, 6) is -0.119. The number of likely N-dealkylation sites (N-methyl/N-ethyl adjacent to an activating group) is 1. The standard InChI is InChI=1S/C14H18FN5OS2/c1-9-17-11(8-22-9)6-20-5-10(15)3-12(20)7-19(2)14(21)13-4-16-18-23-13/h4,8,10,12H,3,5-7H2,1-2H3/t10-,12-/m0/s1. The Morgan fingerprint density at radius 2 is 2.39 bits per heavy atom. The molecule has 2 aromatic heterocycles. The third-order valence-electron chi connectivity index (χ3n) is 3.91. The fourth-order valence-electron chi connectivity index (χ4n) is 2.84. The molecule has 0 N–H and O–H groups in total. The minimum Gasteiger partial charge on any atom is -0.339 e. The molecule has 1 aliphatic heterocycles. The highest BCUT2D eigenvalue weighted by molar-refractivity contribution is 7.09. The molecule has 0 unspecified atom stereocenters. The van der Waals surface area contributed by atoms with Crippen molar-refractivity contribution in [2.45, 2.75) is 32.1 Å². The number of nitrogens with zero attached hydrogens (tertiary/aromatic N) is 5. The number of carbonyl (C=O) groups is 1. The largest absolute Gasteiger partial charge is 0.339 e. The molecule has 0 radical (unpaired) electrons. The van der Waals surface area contributed by atoms with Crippen molar-refractivity contribution in [1.82, 2.24) is 24.4 Å². The van der Waals surface area contributed by atoms with Crippen LogP contribution in [0.5, 0.6) is 0 Å². The summed E-state index contributed by atoms with van der Waals surface area (Å²) < 4.78 is 17.6. The van der Waals surface area contributed by atoms with Crippen LogP contribution in [0.25, 0.3) is 0 Å². The maximum absolute atomic E-state index is 13.9. The monoisotopic (exact) mass is 355 g/mol. The molecule has 2 atom stereocenters. The van der Waals surface area contributed by atoms with Crippen molar-refractivity contribution < 1.29 is 9.18 Å². The first kappa shape index (κ1) is 16.4. The molecule has 3 heterocycles. The Hall–Kier alpha value is -1.45. The molecule has 1 aliphatic rings. The van der Waals surface area contributed by atoms with Crippen molar-refractivity contribution in [2.75, 3.05) is 20.1 Å². The smallest absolute Gasteiger partial charge is 0.267 e. The van der Waals surface area contributed by atoms with Crippen LogP contribution in [0.15, 0.2) is 11.6 Å². The molecular formula is C14H18FN5OS2. The second-order valence-electron chi connectivity index (χ2n) is 5.74. The van der Waals surface area contributed by atoms with Crippen LogP contribution in [0.1, 0.15) is 26.8 Å². The van der Waals surface area contributed by atoms with E-state index in [-0.39, 0.29) is 11.9 Å². The number of hydrogen-bond acceptors (Lipinski definition) is 7. The minimum atomic E-state index is -0.853. The normalized spacial score (nSPS) is 21.7. The molecule has 124 valence electrons. The summed E-state index contributed by atoms with van der Waals surface area (Å²) in [5, 5.41) is 6.71. The zero-order valence-corrected chi connectivity index (χ0v) is 14.6. The number of rotatable bonds is 5. The van der Waals surface area contributed by atoms with Crippen molar-refractivity contribution >= 4 is 28.8 Å². The maximum atomic E-state index is 13.9. The second kappa shape index (κ2) is 6.98. The summed E-state index contributed by atoms with van der Waals surface area (Å²) in [5.41, 5.74) is 0.965. The van der Waals surface area contributed by atoms with E-state index in [0.29, 0.717) is 30.9 Å². The zero-order valence-electron chi connectivity index (χ0n) is 13.0. The molecule has 9 heteroatoms. The SMILES string of the molecule is Cc1nc(CN2C[C@@H](F)C[C@H]2CN(C)C(=O)c2cnns2)cs1. The molecule has 0 bridgehead atoms. The first-order chi connectivity index (χ1) is 11.0. The van der Waals surface area contributed by atoms with Gasteiger partial charge in [-0.2, -0.15) is 0 Å². The minimum absolute atomic E-state index is 0.00170. The highest BCUT2D eigenvalue weighted by atomic mass is 32.1. The van der Waals surface area contributed by atoms with Crippen LogP contribution in [0, 0.1) is 6.92 Å². The van der Waals surface area contributed by atoms with E-state index < -0.39 is 6.17 Å². The Labute approximate surface area is 142 Å². The first-order valence-corrected chi connectivity index (χ1v) is 9.00. The Kier molecular flexibility index (Phi) is 4.98. The van der Waals surface area contributed by atoms with E-state index in [1.807, 2.05) is 12.3 Å². The van der Waals surface area contributed by atoms with E-state index in [1.165, 1.54) is 6.20 Å². The van der Waals surface area contributed by atoms with Gasteiger partial charge in [-0.05, 0) is 24.9 Å². The Morgan fingerprint density at radius 3 is 3.04 bits per heavy atom. The van der Waals surface area contributed by atoms with Crippen molar-refractivity contribution in [3.05, 3.63) is 27.2 Å². The number of hydrogen-bond donors (Lipinski definition) is 0. The van der Waals surface area contributed by atoms with Crippen LogP contribution in [-0.2, 0) is 6.54 Å². The van der Waals surface area contributed by atoms with Gasteiger partial charge in [0.25, 0.3) is 5.91 Å². The molecule has 6 nitrogen and oxygen atoms in total. The lowest BCUT2D eigenvalue weighted by atomic mass is 10.2. The Bertz CT molecular complexity index is 662. The third kappa shape index (κ3) is 3.91. The molecule has 2 aromatic rings. The van der Waals surface area contributed by atoms with E-state index in [1.54, 1.807) is 23.3 Å². The predicted octanol–water partition coefficient (Wildman–Crippen LogP) is 1.99. The average Bonchev–Trinajstić information content (AvgIpc) is 3.22. The van der Waals surface area contributed by atoms with Crippen LogP contribution in [0.4, 0.5) is 4.39 Å². The van der Waals surface area contributed by atoms with Gasteiger partial charge in [0.1, 0.15) is 11.0 Å². The zero-order chi connectivity index (χ0) is 16.4. The number of carbonyl (C=O) groups excluding carboxylic acids is 1. The van der Waals surface area contributed by atoms with Gasteiger partial charge in [0, 0.05) is 38.1 Å². The number of thiazole rings is 1. The van der Waals surface area contributed by atoms with Gasteiger partial charge in [-0.1, -0.05) is 4.49 Å². The van der Waals surface area contributed by atoms with Crippen LogP contribution in [0.2, 0.25) is 0 Å². The summed E-state index contributed by atoms with van der Waals surface area (Å²) in [6.07, 6.45) is 1.06. The fourth-order valence-corrected chi connectivity index (χ4v) is 3.96. The molecule has 0 aliphatic carbocycles. The van der Waals surface area contributed by atoms with Crippen LogP contribution >= 0.6 is 22.9 Å². The topological polar surface area (TPSA) is 62.2 Å². The van der Waals surface area contributed by atoms with Gasteiger partial charge in [-0.25, -0.2) is 9.37 Å². The molecular weight excluding hydrogens is 337 g/mol. The maximum Gasteiger partial charge on any atom is 0.267 e. The van der Waals surface area contributed by atoms with Gasteiger partial charge >= 0.3 is 0 Å². The van der Waals surface area contributed by atoms with E-state index in [2.05, 4.69) is 19.5 Å². The van der Waals surface area contributed by atoms with Crippen molar-refractivity contribution in [3.8, 4) is 0 Å². The summed E-state index contributed by atoms with van der Waals surface area (Å²) in [6, 6.07) is 0.00170. The molecule has 0 saturated carbocycles. The van der Waals surface area contributed by atoms with Crippen molar-refractivity contribution in [2.24, 2.45) is 0 Å². The predicted molar refractivity (Wildman–Crippen MR) is 87.4 cm³/mol. The van der Waals surface area contributed by atoms with Crippen molar-refractivity contribution in [3.63, 3.8) is 0 Å². The summed E-state index contributed by atoms with van der Waals surface area (Å²) in [4.78, 5) is 20.9. The second-order valence-corrected chi connectivity index (χ2v) is 7.59. The molecule has 0 spiro atoms. The van der Waals surface area contributed by atoms with Gasteiger partial charge in [0.15, 0.2) is 0 Å². The van der Waals surface area contributed by atoms with Gasteiger partial charge in [0.05, 0.1) is 16.9 Å². The van der Waals surface area contributed by atoms with Crippen molar-refractivity contribution in [1.29, 1.82) is 0 Å². The number of amides is 1. The lowest BCUT2D eigenvalue weighted by Gasteiger charge is -2.27. The lowest BCUT2D eigenvalue weighted by molar-refractivity contribution is 0.0754. The van der Waals surface area contributed by atoms with Crippen LogP contribution in [-0.4, -0.2) is 62.6 Å². The van der Waals surface area contributed by atoms with Gasteiger partial charge in [0.2, 0.25) is 0 Å². The highest BCUT2D eigenvalue weighted by Crippen LogP contribution is 2.24. The lowest BCUT2D eigenvalue weighted by Crippen LogP contribution is -2.40. The first-order valence-electron chi connectivity index (χ1n) is 7.35. The third-order valence-corrected chi connectivity index (χ3v) is 5.39. The van der Waals surface area contributed by atoms with Gasteiger partial charge < -0.3 is 4.90 Å². The summed E-state index contributed by atoms with van der Waals surface area (Å²) in [6.45, 7) is 3.47. The highest BCUT2D eigenvalue weighted by Gasteiger charge is 2.34. The van der Waals surface area contributed by atoms with E-state index >= 15 is 0 Å². The summed E-state index contributed by atoms with van der Waals surface area (Å²) in [7, 11) is 1.73. The Morgan fingerprint density at radius 1 is 1.57 bits per heavy atom. The van der Waals surface area contributed by atoms with Gasteiger partial charge in [-0.15, -0.1) is 16.4 Å². The fraction of sp³-hybridized carbons (Fsp3) is 0.571. The average molecular weight is 355 g/mol. The van der Waals surface area contributed by atoms with E-state index in [4.69, 9.17) is 0 Å². The number of aromatic nitrogens is 3. The summed E-state index contributed by atoms with van der Waals surface area (Å²) >= 11 is 2.67. The van der Waals surface area contributed by atoms with Gasteiger partial charge in [-0.3, -0.25) is 9.69 Å². The molecule has 1 saturated heterocycles. The number of likely N-dealkylation sites (tertiary alicyclic amines) is 1. The van der Waals surface area contributed by atoms with Crippen LogP contribution in [0.3, 0.4) is 0 Å². The molecule has 3 rings (SSSR count).